The Labute approximate surface area is 148 Å². The number of halogens is 1. The van der Waals surface area contributed by atoms with E-state index in [1.54, 1.807) is 12.1 Å². The molecule has 3 rings (SSSR count). The first kappa shape index (κ1) is 17.6. The van der Waals surface area contributed by atoms with Crippen molar-refractivity contribution in [3.8, 4) is 0 Å². The van der Waals surface area contributed by atoms with Crippen LogP contribution in [-0.2, 0) is 13.1 Å². The number of amides is 1. The minimum absolute atomic E-state index is 0.0860. The number of carbonyl (C=O) groups is 1. The van der Waals surface area contributed by atoms with Crippen molar-refractivity contribution in [1.29, 1.82) is 0 Å². The summed E-state index contributed by atoms with van der Waals surface area (Å²) in [5.74, 6) is -0.455. The molecule has 0 saturated carbocycles. The van der Waals surface area contributed by atoms with Gasteiger partial charge in [-0.1, -0.05) is 13.0 Å². The smallest absolute Gasteiger partial charge is 0.254 e. The maximum atomic E-state index is 13.3. The van der Waals surface area contributed by atoms with Crippen LogP contribution in [0.2, 0.25) is 0 Å². The second-order valence-corrected chi connectivity index (χ2v) is 6.54. The number of aromatic nitrogens is 2. The zero-order chi connectivity index (χ0) is 17.6. The molecule has 1 aromatic carbocycles. The lowest BCUT2D eigenvalue weighted by atomic mass is 10.2. The Hall–Kier alpha value is -2.21. The summed E-state index contributed by atoms with van der Waals surface area (Å²) < 4.78 is 15.3. The van der Waals surface area contributed by atoms with Gasteiger partial charge in [-0.15, -0.1) is 0 Å². The van der Waals surface area contributed by atoms with E-state index in [-0.39, 0.29) is 11.7 Å². The van der Waals surface area contributed by atoms with E-state index in [1.165, 1.54) is 17.7 Å². The van der Waals surface area contributed by atoms with Gasteiger partial charge in [0.05, 0.1) is 6.20 Å². The Balaban J connectivity index is 1.57. The van der Waals surface area contributed by atoms with Gasteiger partial charge in [0.2, 0.25) is 0 Å². The molecule has 0 N–H and O–H groups in total. The molecule has 5 nitrogen and oxygen atoms in total. The van der Waals surface area contributed by atoms with E-state index in [9.17, 15) is 9.18 Å². The number of aryl methyl sites for hydroxylation is 1. The van der Waals surface area contributed by atoms with Crippen molar-refractivity contribution in [2.75, 3.05) is 26.2 Å². The summed E-state index contributed by atoms with van der Waals surface area (Å²) in [6.45, 7) is 7.08. The quantitative estimate of drug-likeness (QED) is 0.837. The fraction of sp³-hybridized carbons (Fsp3) is 0.474. The SMILES string of the molecule is CCCn1cc(CN2CCCN(C(=O)c3cccc(F)c3)CC2)cn1. The average Bonchev–Trinajstić information content (AvgIpc) is 2.90. The fourth-order valence-electron chi connectivity index (χ4n) is 3.23. The molecule has 1 amide bonds. The first-order chi connectivity index (χ1) is 12.2. The highest BCUT2D eigenvalue weighted by atomic mass is 19.1. The summed E-state index contributed by atoms with van der Waals surface area (Å²) in [6.07, 6.45) is 6.02. The number of rotatable bonds is 5. The highest BCUT2D eigenvalue weighted by Crippen LogP contribution is 2.13. The van der Waals surface area contributed by atoms with E-state index in [0.717, 1.165) is 39.0 Å². The number of nitrogens with zero attached hydrogens (tertiary/aromatic N) is 4. The highest BCUT2D eigenvalue weighted by Gasteiger charge is 2.20. The lowest BCUT2D eigenvalue weighted by molar-refractivity contribution is 0.0760. The Bertz CT molecular complexity index is 715. The molecule has 1 fully saturated rings. The highest BCUT2D eigenvalue weighted by molar-refractivity contribution is 5.94. The Morgan fingerprint density at radius 3 is 2.92 bits per heavy atom. The van der Waals surface area contributed by atoms with Gasteiger partial charge in [0.15, 0.2) is 0 Å². The van der Waals surface area contributed by atoms with Crippen LogP contribution in [0.4, 0.5) is 4.39 Å². The third-order valence-electron chi connectivity index (χ3n) is 4.49. The van der Waals surface area contributed by atoms with Crippen molar-refractivity contribution in [3.05, 3.63) is 53.6 Å². The Morgan fingerprint density at radius 1 is 1.24 bits per heavy atom. The zero-order valence-electron chi connectivity index (χ0n) is 14.7. The van der Waals surface area contributed by atoms with E-state index < -0.39 is 0 Å². The Morgan fingerprint density at radius 2 is 2.12 bits per heavy atom. The number of hydrogen-bond acceptors (Lipinski definition) is 3. The van der Waals surface area contributed by atoms with Gasteiger partial charge in [-0.05, 0) is 31.0 Å². The molecule has 0 radical (unpaired) electrons. The molecule has 0 bridgehead atoms. The van der Waals surface area contributed by atoms with E-state index in [4.69, 9.17) is 0 Å². The minimum atomic E-state index is -0.369. The average molecular weight is 344 g/mol. The topological polar surface area (TPSA) is 41.4 Å². The van der Waals surface area contributed by atoms with Crippen LogP contribution >= 0.6 is 0 Å². The van der Waals surface area contributed by atoms with E-state index >= 15 is 0 Å². The molecular weight excluding hydrogens is 319 g/mol. The molecule has 0 unspecified atom stereocenters. The van der Waals surface area contributed by atoms with Gasteiger partial charge in [0, 0.05) is 56.6 Å². The second-order valence-electron chi connectivity index (χ2n) is 6.54. The summed E-state index contributed by atoms with van der Waals surface area (Å²) in [7, 11) is 0. The fourth-order valence-corrected chi connectivity index (χ4v) is 3.23. The lowest BCUT2D eigenvalue weighted by Gasteiger charge is -2.21. The van der Waals surface area contributed by atoms with Crippen molar-refractivity contribution in [2.45, 2.75) is 32.9 Å². The van der Waals surface area contributed by atoms with Crippen molar-refractivity contribution in [1.82, 2.24) is 19.6 Å². The summed E-state index contributed by atoms with van der Waals surface area (Å²) in [5.41, 5.74) is 1.63. The molecule has 2 heterocycles. The van der Waals surface area contributed by atoms with Gasteiger partial charge in [0.1, 0.15) is 5.82 Å². The van der Waals surface area contributed by atoms with Gasteiger partial charge < -0.3 is 4.90 Å². The third-order valence-corrected chi connectivity index (χ3v) is 4.49. The van der Waals surface area contributed by atoms with Gasteiger partial charge in [0.25, 0.3) is 5.91 Å². The molecule has 6 heteroatoms. The third kappa shape index (κ3) is 4.66. The monoisotopic (exact) mass is 344 g/mol. The van der Waals surface area contributed by atoms with Crippen molar-refractivity contribution >= 4 is 5.91 Å². The summed E-state index contributed by atoms with van der Waals surface area (Å²) in [5, 5.41) is 4.38. The molecule has 1 aliphatic rings. The van der Waals surface area contributed by atoms with E-state index in [2.05, 4.69) is 23.1 Å². The van der Waals surface area contributed by atoms with E-state index in [1.807, 2.05) is 15.8 Å². The normalized spacial score (nSPS) is 16.0. The maximum Gasteiger partial charge on any atom is 0.254 e. The number of hydrogen-bond donors (Lipinski definition) is 0. The molecule has 0 atom stereocenters. The second kappa shape index (κ2) is 8.25. The molecule has 25 heavy (non-hydrogen) atoms. The lowest BCUT2D eigenvalue weighted by Crippen LogP contribution is -2.35. The molecule has 134 valence electrons. The molecule has 1 aliphatic heterocycles. The summed E-state index contributed by atoms with van der Waals surface area (Å²) in [4.78, 5) is 16.8. The summed E-state index contributed by atoms with van der Waals surface area (Å²) in [6, 6.07) is 5.93. The number of benzene rings is 1. The van der Waals surface area contributed by atoms with Crippen LogP contribution in [0.15, 0.2) is 36.7 Å². The molecule has 1 saturated heterocycles. The Kier molecular flexibility index (Phi) is 5.81. The first-order valence-corrected chi connectivity index (χ1v) is 8.94. The van der Waals surface area contributed by atoms with Crippen molar-refractivity contribution < 1.29 is 9.18 Å². The van der Waals surface area contributed by atoms with Crippen LogP contribution < -0.4 is 0 Å². The molecule has 2 aromatic rings. The van der Waals surface area contributed by atoms with Gasteiger partial charge in [-0.25, -0.2) is 4.39 Å². The minimum Gasteiger partial charge on any atom is -0.337 e. The zero-order valence-corrected chi connectivity index (χ0v) is 14.7. The maximum absolute atomic E-state index is 13.3. The van der Waals surface area contributed by atoms with Crippen LogP contribution in [0.25, 0.3) is 0 Å². The number of carbonyl (C=O) groups excluding carboxylic acids is 1. The van der Waals surface area contributed by atoms with Crippen LogP contribution in [0.1, 0.15) is 35.7 Å². The largest absolute Gasteiger partial charge is 0.337 e. The van der Waals surface area contributed by atoms with Crippen molar-refractivity contribution in [3.63, 3.8) is 0 Å². The van der Waals surface area contributed by atoms with Gasteiger partial charge >= 0.3 is 0 Å². The standard InChI is InChI=1S/C19H25FN4O/c1-2-7-24-15-16(13-21-24)14-22-8-4-9-23(11-10-22)19(25)17-5-3-6-18(20)12-17/h3,5-6,12-13,15H,2,4,7-11,14H2,1H3. The molecule has 0 aliphatic carbocycles. The van der Waals surface area contributed by atoms with Gasteiger partial charge in [-0.2, -0.15) is 5.10 Å². The predicted octanol–water partition coefficient (Wildman–Crippen LogP) is 2.78. The first-order valence-electron chi connectivity index (χ1n) is 8.94. The summed E-state index contributed by atoms with van der Waals surface area (Å²) >= 11 is 0. The van der Waals surface area contributed by atoms with Crippen LogP contribution in [0.3, 0.4) is 0 Å². The van der Waals surface area contributed by atoms with Crippen LogP contribution in [-0.4, -0.2) is 51.7 Å². The van der Waals surface area contributed by atoms with Gasteiger partial charge in [-0.3, -0.25) is 14.4 Å². The van der Waals surface area contributed by atoms with E-state index in [0.29, 0.717) is 18.7 Å². The molecule has 1 aromatic heterocycles. The van der Waals surface area contributed by atoms with Crippen LogP contribution in [0, 0.1) is 5.82 Å². The van der Waals surface area contributed by atoms with Crippen LogP contribution in [0.5, 0.6) is 0 Å². The predicted molar refractivity (Wildman–Crippen MR) is 94.7 cm³/mol. The molecular formula is C19H25FN4O. The van der Waals surface area contributed by atoms with Crippen molar-refractivity contribution in [2.24, 2.45) is 0 Å². The molecule has 0 spiro atoms.